The third kappa shape index (κ3) is 3.83. The maximum absolute atomic E-state index is 9.18. The lowest BCUT2D eigenvalue weighted by atomic mass is 9.88. The van der Waals surface area contributed by atoms with Gasteiger partial charge in [-0.15, -0.1) is 11.3 Å². The highest BCUT2D eigenvalue weighted by Crippen LogP contribution is 2.38. The van der Waals surface area contributed by atoms with Crippen LogP contribution in [0.1, 0.15) is 49.9 Å². The molecule has 0 radical (unpaired) electrons. The maximum atomic E-state index is 9.18. The highest BCUT2D eigenvalue weighted by molar-refractivity contribution is 9.11. The van der Waals surface area contributed by atoms with Crippen LogP contribution in [-0.2, 0) is 0 Å². The van der Waals surface area contributed by atoms with Crippen molar-refractivity contribution in [2.45, 2.75) is 57.2 Å². The number of rotatable bonds is 8. The molecule has 114 valence electrons. The Labute approximate surface area is 134 Å². The molecule has 5 heteroatoms. The molecule has 0 amide bonds. The van der Waals surface area contributed by atoms with Crippen LogP contribution >= 0.6 is 27.3 Å². The van der Waals surface area contributed by atoms with Gasteiger partial charge in [0.2, 0.25) is 0 Å². The van der Waals surface area contributed by atoms with Crippen LogP contribution in [0.15, 0.2) is 15.9 Å². The van der Waals surface area contributed by atoms with Gasteiger partial charge in [0.25, 0.3) is 0 Å². The Hall–Kier alpha value is 0.0600. The first kappa shape index (κ1) is 16.4. The largest absolute Gasteiger partial charge is 0.396 e. The van der Waals surface area contributed by atoms with E-state index in [1.54, 1.807) is 11.3 Å². The van der Waals surface area contributed by atoms with Crippen LogP contribution in [0, 0.1) is 0 Å². The van der Waals surface area contributed by atoms with E-state index in [0.717, 1.165) is 23.2 Å². The number of hydrogen-bond acceptors (Lipinski definition) is 4. The van der Waals surface area contributed by atoms with E-state index in [4.69, 9.17) is 5.73 Å². The van der Waals surface area contributed by atoms with Gasteiger partial charge in [-0.05, 0) is 53.7 Å². The molecule has 1 saturated carbocycles. The summed E-state index contributed by atoms with van der Waals surface area (Å²) in [6.45, 7) is 3.35. The summed E-state index contributed by atoms with van der Waals surface area (Å²) in [5.74, 6) is 0. The van der Waals surface area contributed by atoms with Gasteiger partial charge in [-0.3, -0.25) is 4.90 Å². The van der Waals surface area contributed by atoms with E-state index in [0.29, 0.717) is 6.04 Å². The SMILES string of the molecule is CCC(N)C(c1ccc(Br)s1)N(CCCO)C1CCC1. The predicted octanol–water partition coefficient (Wildman–Crippen LogP) is 3.53. The van der Waals surface area contributed by atoms with Crippen LogP contribution in [0.25, 0.3) is 0 Å². The molecule has 3 nitrogen and oxygen atoms in total. The van der Waals surface area contributed by atoms with Gasteiger partial charge in [0.15, 0.2) is 0 Å². The van der Waals surface area contributed by atoms with Gasteiger partial charge in [-0.25, -0.2) is 0 Å². The lowest BCUT2D eigenvalue weighted by Gasteiger charge is -2.44. The molecule has 1 heterocycles. The van der Waals surface area contributed by atoms with Crippen molar-refractivity contribution < 1.29 is 5.11 Å². The summed E-state index contributed by atoms with van der Waals surface area (Å²) in [6.07, 6.45) is 5.66. The van der Waals surface area contributed by atoms with Gasteiger partial charge in [0.05, 0.1) is 9.83 Å². The van der Waals surface area contributed by atoms with Gasteiger partial charge in [0.1, 0.15) is 0 Å². The van der Waals surface area contributed by atoms with Gasteiger partial charge in [0, 0.05) is 30.1 Å². The molecule has 1 aromatic rings. The molecule has 0 aliphatic heterocycles. The molecule has 1 aliphatic rings. The maximum Gasteiger partial charge on any atom is 0.0702 e. The standard InChI is InChI=1S/C15H25BrN2OS/c1-2-12(17)15(13-7-8-14(16)20-13)18(9-4-10-19)11-5-3-6-11/h7-8,11-12,15,19H,2-6,9-10,17H2,1H3. The molecule has 2 unspecified atom stereocenters. The Morgan fingerprint density at radius 3 is 2.70 bits per heavy atom. The van der Waals surface area contributed by atoms with E-state index in [9.17, 15) is 5.11 Å². The number of nitrogens with two attached hydrogens (primary N) is 1. The fourth-order valence-corrected chi connectivity index (χ4v) is 4.47. The number of thiophene rings is 1. The molecular weight excluding hydrogens is 336 g/mol. The Kier molecular flexibility index (Phi) is 6.49. The molecule has 1 aliphatic carbocycles. The fourth-order valence-electron chi connectivity index (χ4n) is 2.85. The fraction of sp³-hybridized carbons (Fsp3) is 0.733. The van der Waals surface area contributed by atoms with Gasteiger partial charge in [-0.2, -0.15) is 0 Å². The molecule has 0 bridgehead atoms. The summed E-state index contributed by atoms with van der Waals surface area (Å²) >= 11 is 5.35. The minimum atomic E-state index is 0.153. The average molecular weight is 361 g/mol. The Balaban J connectivity index is 2.21. The zero-order chi connectivity index (χ0) is 14.5. The minimum absolute atomic E-state index is 0.153. The number of halogens is 1. The summed E-state index contributed by atoms with van der Waals surface area (Å²) in [6, 6.07) is 5.39. The summed E-state index contributed by atoms with van der Waals surface area (Å²) in [4.78, 5) is 3.89. The quantitative estimate of drug-likeness (QED) is 0.745. The number of nitrogens with zero attached hydrogens (tertiary/aromatic N) is 1. The summed E-state index contributed by atoms with van der Waals surface area (Å²) in [5.41, 5.74) is 6.43. The number of aliphatic hydroxyl groups is 1. The predicted molar refractivity (Wildman–Crippen MR) is 89.1 cm³/mol. The van der Waals surface area contributed by atoms with Crippen LogP contribution in [0.2, 0.25) is 0 Å². The van der Waals surface area contributed by atoms with Crippen molar-refractivity contribution in [3.8, 4) is 0 Å². The Morgan fingerprint density at radius 2 is 2.25 bits per heavy atom. The minimum Gasteiger partial charge on any atom is -0.396 e. The first-order valence-corrected chi connectivity index (χ1v) is 9.15. The Morgan fingerprint density at radius 1 is 1.50 bits per heavy atom. The van der Waals surface area contributed by atoms with Crippen LogP contribution in [0.5, 0.6) is 0 Å². The van der Waals surface area contributed by atoms with Crippen molar-refractivity contribution in [1.82, 2.24) is 4.90 Å². The van der Waals surface area contributed by atoms with Gasteiger partial charge < -0.3 is 10.8 Å². The molecule has 0 aromatic carbocycles. The molecule has 1 fully saturated rings. The molecule has 3 N–H and O–H groups in total. The first-order valence-electron chi connectivity index (χ1n) is 7.54. The first-order chi connectivity index (χ1) is 9.67. The normalized spacial score (nSPS) is 19.1. The van der Waals surface area contributed by atoms with Gasteiger partial charge >= 0.3 is 0 Å². The molecular formula is C15H25BrN2OS. The second-order valence-corrected chi connectivity index (χ2v) is 8.05. The lowest BCUT2D eigenvalue weighted by Crippen LogP contribution is -2.49. The smallest absolute Gasteiger partial charge is 0.0702 e. The topological polar surface area (TPSA) is 49.5 Å². The second-order valence-electron chi connectivity index (χ2n) is 5.56. The van der Waals surface area contributed by atoms with Crippen molar-refractivity contribution in [1.29, 1.82) is 0 Å². The summed E-state index contributed by atoms with van der Waals surface area (Å²) in [7, 11) is 0. The Bertz CT molecular complexity index is 408. The van der Waals surface area contributed by atoms with Crippen LogP contribution in [0.4, 0.5) is 0 Å². The van der Waals surface area contributed by atoms with E-state index < -0.39 is 0 Å². The monoisotopic (exact) mass is 360 g/mol. The van der Waals surface area contributed by atoms with Crippen molar-refractivity contribution >= 4 is 27.3 Å². The third-order valence-corrected chi connectivity index (χ3v) is 5.93. The van der Waals surface area contributed by atoms with E-state index in [-0.39, 0.29) is 18.7 Å². The molecule has 20 heavy (non-hydrogen) atoms. The zero-order valence-corrected chi connectivity index (χ0v) is 14.5. The molecule has 2 rings (SSSR count). The van der Waals surface area contributed by atoms with Crippen LogP contribution in [0.3, 0.4) is 0 Å². The van der Waals surface area contributed by atoms with E-state index >= 15 is 0 Å². The van der Waals surface area contributed by atoms with Crippen molar-refractivity contribution in [3.63, 3.8) is 0 Å². The molecule has 2 atom stereocenters. The highest BCUT2D eigenvalue weighted by atomic mass is 79.9. The van der Waals surface area contributed by atoms with Crippen LogP contribution in [-0.4, -0.2) is 35.2 Å². The average Bonchev–Trinajstić information content (AvgIpc) is 2.80. The van der Waals surface area contributed by atoms with E-state index in [1.165, 1.54) is 24.1 Å². The zero-order valence-electron chi connectivity index (χ0n) is 12.1. The second kappa shape index (κ2) is 7.90. The van der Waals surface area contributed by atoms with Crippen LogP contribution < -0.4 is 5.73 Å². The van der Waals surface area contributed by atoms with Crippen molar-refractivity contribution in [3.05, 3.63) is 20.8 Å². The lowest BCUT2D eigenvalue weighted by molar-refractivity contribution is 0.0595. The third-order valence-electron chi connectivity index (χ3n) is 4.24. The number of aliphatic hydroxyl groups excluding tert-OH is 1. The van der Waals surface area contributed by atoms with Crippen molar-refractivity contribution in [2.75, 3.05) is 13.2 Å². The molecule has 1 aromatic heterocycles. The summed E-state index contributed by atoms with van der Waals surface area (Å²) in [5, 5.41) is 9.18. The number of hydrogen-bond donors (Lipinski definition) is 2. The highest BCUT2D eigenvalue weighted by Gasteiger charge is 2.34. The van der Waals surface area contributed by atoms with Gasteiger partial charge in [-0.1, -0.05) is 13.3 Å². The molecule has 0 spiro atoms. The van der Waals surface area contributed by atoms with Crippen molar-refractivity contribution in [2.24, 2.45) is 5.73 Å². The van der Waals surface area contributed by atoms with E-state index in [2.05, 4.69) is 39.9 Å². The molecule has 0 saturated heterocycles. The van der Waals surface area contributed by atoms with E-state index in [1.807, 2.05) is 0 Å². The summed E-state index contributed by atoms with van der Waals surface area (Å²) < 4.78 is 1.16.